The van der Waals surface area contributed by atoms with Crippen LogP contribution in [-0.2, 0) is 6.61 Å². The highest BCUT2D eigenvalue weighted by molar-refractivity contribution is 7.99. The molecule has 0 aliphatic carbocycles. The van der Waals surface area contributed by atoms with Crippen LogP contribution in [0.1, 0.15) is 22.8 Å². The van der Waals surface area contributed by atoms with Crippen LogP contribution in [0.2, 0.25) is 0 Å². The summed E-state index contributed by atoms with van der Waals surface area (Å²) in [6.07, 6.45) is 0. The molecule has 0 atom stereocenters. The molecule has 1 amide bonds. The average Bonchev–Trinajstić information content (AvgIpc) is 2.69. The van der Waals surface area contributed by atoms with Gasteiger partial charge in [-0.05, 0) is 35.6 Å². The van der Waals surface area contributed by atoms with Crippen molar-refractivity contribution in [3.63, 3.8) is 0 Å². The van der Waals surface area contributed by atoms with E-state index in [-0.39, 0.29) is 5.91 Å². The first-order chi connectivity index (χ1) is 12.8. The molecular formula is C22H21NO2S. The number of anilines is 1. The van der Waals surface area contributed by atoms with Crippen LogP contribution >= 0.6 is 11.8 Å². The fourth-order valence-corrected chi connectivity index (χ4v) is 3.32. The van der Waals surface area contributed by atoms with Gasteiger partial charge in [0.25, 0.3) is 5.91 Å². The third-order valence-corrected chi connectivity index (χ3v) is 4.76. The van der Waals surface area contributed by atoms with Crippen LogP contribution in [0.4, 0.5) is 5.69 Å². The number of hydrogen-bond acceptors (Lipinski definition) is 3. The molecule has 132 valence electrons. The van der Waals surface area contributed by atoms with E-state index in [0.29, 0.717) is 17.9 Å². The Balaban J connectivity index is 1.76. The molecule has 0 saturated carbocycles. The number of para-hydroxylation sites is 2. The van der Waals surface area contributed by atoms with Crippen LogP contribution in [0, 0.1) is 0 Å². The van der Waals surface area contributed by atoms with Gasteiger partial charge in [-0.15, -0.1) is 11.8 Å². The first kappa shape index (κ1) is 18.1. The molecule has 0 aromatic heterocycles. The number of hydrogen-bond donors (Lipinski definition) is 1. The van der Waals surface area contributed by atoms with Crippen molar-refractivity contribution < 1.29 is 9.53 Å². The summed E-state index contributed by atoms with van der Waals surface area (Å²) in [5, 5.41) is 3.01. The Bertz CT molecular complexity index is 865. The summed E-state index contributed by atoms with van der Waals surface area (Å²) in [7, 11) is 0. The highest BCUT2D eigenvalue weighted by Crippen LogP contribution is 2.28. The number of carbonyl (C=O) groups is 1. The fourth-order valence-electron chi connectivity index (χ4n) is 2.56. The first-order valence-electron chi connectivity index (χ1n) is 8.57. The van der Waals surface area contributed by atoms with Crippen molar-refractivity contribution in [3.8, 4) is 5.75 Å². The summed E-state index contributed by atoms with van der Waals surface area (Å²) in [4.78, 5) is 13.9. The van der Waals surface area contributed by atoms with E-state index in [2.05, 4.69) is 12.2 Å². The Hall–Kier alpha value is -2.72. The number of nitrogens with one attached hydrogen (secondary N) is 1. The zero-order valence-corrected chi connectivity index (χ0v) is 15.5. The maximum Gasteiger partial charge on any atom is 0.259 e. The Labute approximate surface area is 158 Å². The van der Waals surface area contributed by atoms with Crippen molar-refractivity contribution in [2.24, 2.45) is 0 Å². The molecule has 0 aliphatic heterocycles. The van der Waals surface area contributed by atoms with Crippen LogP contribution in [0.3, 0.4) is 0 Å². The van der Waals surface area contributed by atoms with E-state index in [1.165, 1.54) is 0 Å². The quantitative estimate of drug-likeness (QED) is 0.553. The summed E-state index contributed by atoms with van der Waals surface area (Å²) in [5.74, 6) is 1.36. The molecule has 0 fully saturated rings. The molecule has 4 heteroatoms. The van der Waals surface area contributed by atoms with Crippen molar-refractivity contribution in [2.75, 3.05) is 11.1 Å². The van der Waals surface area contributed by atoms with Gasteiger partial charge in [-0.1, -0.05) is 61.5 Å². The Morgan fingerprint density at radius 3 is 2.42 bits per heavy atom. The second-order valence-electron chi connectivity index (χ2n) is 5.65. The minimum absolute atomic E-state index is 0.169. The summed E-state index contributed by atoms with van der Waals surface area (Å²) in [5.41, 5.74) is 2.41. The van der Waals surface area contributed by atoms with E-state index >= 15 is 0 Å². The molecule has 0 spiro atoms. The van der Waals surface area contributed by atoms with E-state index < -0.39 is 0 Å². The van der Waals surface area contributed by atoms with E-state index in [1.54, 1.807) is 17.8 Å². The zero-order valence-electron chi connectivity index (χ0n) is 14.6. The molecule has 0 aliphatic rings. The van der Waals surface area contributed by atoms with Gasteiger partial charge in [0.2, 0.25) is 0 Å². The van der Waals surface area contributed by atoms with Gasteiger partial charge in [0.15, 0.2) is 0 Å². The van der Waals surface area contributed by atoms with Crippen LogP contribution < -0.4 is 10.1 Å². The number of carbonyl (C=O) groups excluding carboxylic acids is 1. The second-order valence-corrected chi connectivity index (χ2v) is 6.96. The Morgan fingerprint density at radius 1 is 0.923 bits per heavy atom. The maximum absolute atomic E-state index is 12.8. The highest BCUT2D eigenvalue weighted by Gasteiger charge is 2.14. The minimum Gasteiger partial charge on any atom is -0.488 e. The summed E-state index contributed by atoms with van der Waals surface area (Å²) in [6.45, 7) is 2.52. The van der Waals surface area contributed by atoms with Crippen molar-refractivity contribution in [3.05, 3.63) is 90.0 Å². The molecule has 3 rings (SSSR count). The van der Waals surface area contributed by atoms with Crippen molar-refractivity contribution in [2.45, 2.75) is 18.4 Å². The zero-order chi connectivity index (χ0) is 18.2. The molecule has 1 N–H and O–H groups in total. The van der Waals surface area contributed by atoms with Gasteiger partial charge in [-0.3, -0.25) is 4.79 Å². The third-order valence-electron chi connectivity index (χ3n) is 3.80. The van der Waals surface area contributed by atoms with E-state index in [4.69, 9.17) is 4.74 Å². The smallest absolute Gasteiger partial charge is 0.259 e. The van der Waals surface area contributed by atoms with Crippen molar-refractivity contribution in [1.29, 1.82) is 0 Å². The molecule has 0 heterocycles. The normalized spacial score (nSPS) is 10.3. The summed E-state index contributed by atoms with van der Waals surface area (Å²) < 4.78 is 5.89. The van der Waals surface area contributed by atoms with Crippen LogP contribution in [0.15, 0.2) is 83.8 Å². The molecule has 3 aromatic rings. The number of benzene rings is 3. The standard InChI is InChI=1S/C22H21NO2S/c1-2-26-21-15-9-7-13-19(21)23-22(24)18-12-6-8-14-20(18)25-16-17-10-4-3-5-11-17/h3-15H,2,16H2,1H3,(H,23,24). The molecule has 3 nitrogen and oxygen atoms in total. The van der Waals surface area contributed by atoms with Gasteiger partial charge in [-0.2, -0.15) is 0 Å². The largest absolute Gasteiger partial charge is 0.488 e. The topological polar surface area (TPSA) is 38.3 Å². The van der Waals surface area contributed by atoms with Crippen molar-refractivity contribution >= 4 is 23.4 Å². The molecule has 26 heavy (non-hydrogen) atoms. The van der Waals surface area contributed by atoms with Crippen LogP contribution in [-0.4, -0.2) is 11.7 Å². The molecule has 0 radical (unpaired) electrons. The lowest BCUT2D eigenvalue weighted by atomic mass is 10.1. The monoisotopic (exact) mass is 363 g/mol. The maximum atomic E-state index is 12.8. The number of rotatable bonds is 7. The molecular weight excluding hydrogens is 342 g/mol. The first-order valence-corrected chi connectivity index (χ1v) is 9.55. The lowest BCUT2D eigenvalue weighted by Crippen LogP contribution is -2.14. The molecule has 3 aromatic carbocycles. The van der Waals surface area contributed by atoms with Gasteiger partial charge >= 0.3 is 0 Å². The lowest BCUT2D eigenvalue weighted by molar-refractivity contribution is 0.102. The third kappa shape index (κ3) is 4.67. The predicted molar refractivity (Wildman–Crippen MR) is 108 cm³/mol. The fraction of sp³-hybridized carbons (Fsp3) is 0.136. The second kappa shape index (κ2) is 9.11. The van der Waals surface area contributed by atoms with Crippen molar-refractivity contribution in [1.82, 2.24) is 0 Å². The minimum atomic E-state index is -0.169. The number of thioether (sulfide) groups is 1. The van der Waals surface area contributed by atoms with Gasteiger partial charge in [0.05, 0.1) is 11.3 Å². The van der Waals surface area contributed by atoms with E-state index in [0.717, 1.165) is 21.9 Å². The van der Waals surface area contributed by atoms with Crippen LogP contribution in [0.25, 0.3) is 0 Å². The Morgan fingerprint density at radius 2 is 1.62 bits per heavy atom. The number of ether oxygens (including phenoxy) is 1. The van der Waals surface area contributed by atoms with Gasteiger partial charge in [0, 0.05) is 4.90 Å². The van der Waals surface area contributed by atoms with E-state index in [1.807, 2.05) is 72.8 Å². The SMILES string of the molecule is CCSc1ccccc1NC(=O)c1ccccc1OCc1ccccc1. The predicted octanol–water partition coefficient (Wildman–Crippen LogP) is 5.63. The molecule has 0 bridgehead atoms. The van der Waals surface area contributed by atoms with Gasteiger partial charge in [0.1, 0.15) is 12.4 Å². The van der Waals surface area contributed by atoms with E-state index in [9.17, 15) is 4.79 Å². The summed E-state index contributed by atoms with van der Waals surface area (Å²) in [6, 6.07) is 25.1. The van der Waals surface area contributed by atoms with Crippen LogP contribution in [0.5, 0.6) is 5.75 Å². The lowest BCUT2D eigenvalue weighted by Gasteiger charge is -2.13. The molecule has 0 unspecified atom stereocenters. The Kier molecular flexibility index (Phi) is 6.34. The highest BCUT2D eigenvalue weighted by atomic mass is 32.2. The molecule has 0 saturated heterocycles. The summed E-state index contributed by atoms with van der Waals surface area (Å²) >= 11 is 1.70. The number of amides is 1. The average molecular weight is 363 g/mol. The van der Waals surface area contributed by atoms with Gasteiger partial charge < -0.3 is 10.1 Å². The van der Waals surface area contributed by atoms with Gasteiger partial charge in [-0.25, -0.2) is 0 Å².